The van der Waals surface area contributed by atoms with E-state index >= 15 is 0 Å². The van der Waals surface area contributed by atoms with E-state index in [0.29, 0.717) is 24.7 Å². The third kappa shape index (κ3) is 14.0. The van der Waals surface area contributed by atoms with Crippen LogP contribution in [0.25, 0.3) is 0 Å². The second-order valence-corrected chi connectivity index (χ2v) is 11.0. The summed E-state index contributed by atoms with van der Waals surface area (Å²) in [6, 6.07) is -0.583. The van der Waals surface area contributed by atoms with E-state index in [1.165, 1.54) is 77.0 Å². The number of carbonyl (C=O) groups is 2. The van der Waals surface area contributed by atoms with Crippen LogP contribution >= 0.6 is 0 Å². The molecule has 0 radical (unpaired) electrons. The highest BCUT2D eigenvalue weighted by Gasteiger charge is 2.39. The van der Waals surface area contributed by atoms with Gasteiger partial charge in [-0.1, -0.05) is 111 Å². The molecule has 204 valence electrons. The first-order valence-electron chi connectivity index (χ1n) is 14.7. The lowest BCUT2D eigenvalue weighted by Crippen LogP contribution is -2.43. The van der Waals surface area contributed by atoms with Crippen molar-refractivity contribution in [3.8, 4) is 0 Å². The van der Waals surface area contributed by atoms with Gasteiger partial charge in [-0.15, -0.1) is 0 Å². The highest BCUT2D eigenvalue weighted by atomic mass is 16.6. The molecule has 4 atom stereocenters. The number of hydrogen-bond donors (Lipinski definition) is 1. The molecule has 1 saturated heterocycles. The molecule has 0 saturated carbocycles. The molecule has 1 aliphatic rings. The van der Waals surface area contributed by atoms with Crippen LogP contribution in [0.5, 0.6) is 0 Å². The van der Waals surface area contributed by atoms with Gasteiger partial charge in [0.05, 0.1) is 11.7 Å². The van der Waals surface area contributed by atoms with Crippen molar-refractivity contribution in [1.82, 2.24) is 5.32 Å². The Hall–Kier alpha value is -1.52. The maximum Gasteiger partial charge on any atom is 0.328 e. The fourth-order valence-corrected chi connectivity index (χ4v) is 5.05. The molecule has 0 unspecified atom stereocenters. The van der Waals surface area contributed by atoms with Gasteiger partial charge in [0.15, 0.2) is 0 Å². The van der Waals surface area contributed by atoms with E-state index in [2.05, 4.69) is 25.7 Å². The molecule has 1 rings (SSSR count). The van der Waals surface area contributed by atoms with Crippen LogP contribution in [0, 0.1) is 11.8 Å². The van der Waals surface area contributed by atoms with Gasteiger partial charge in [-0.25, -0.2) is 4.79 Å². The zero-order chi connectivity index (χ0) is 25.9. The summed E-state index contributed by atoms with van der Waals surface area (Å²) in [6.07, 6.45) is 20.1. The number of nitrogens with one attached hydrogen (secondary N) is 1. The van der Waals surface area contributed by atoms with Gasteiger partial charge in [-0.05, 0) is 31.6 Å². The minimum absolute atomic E-state index is 0.0862. The summed E-state index contributed by atoms with van der Waals surface area (Å²) >= 11 is 0. The average molecular weight is 494 g/mol. The number of ether oxygens (including phenoxy) is 2. The minimum atomic E-state index is -0.583. The molecule has 0 aromatic rings. The Bertz CT molecular complexity index is 577. The van der Waals surface area contributed by atoms with Crippen molar-refractivity contribution in [2.24, 2.45) is 11.8 Å². The van der Waals surface area contributed by atoms with E-state index in [-0.39, 0.29) is 18.2 Å². The summed E-state index contributed by atoms with van der Waals surface area (Å²) in [6.45, 7) is 12.7. The van der Waals surface area contributed by atoms with Crippen LogP contribution in [0.3, 0.4) is 0 Å². The number of amides is 1. The van der Waals surface area contributed by atoms with Gasteiger partial charge in [0, 0.05) is 6.42 Å². The SMILES string of the molecule is C=C1O[C@@H](C[C@H](CCCCCCCCCCC)OC(=O)[C@H](CC(C)C)NC=O)[C@@H]1CCCCCC. The summed E-state index contributed by atoms with van der Waals surface area (Å²) in [7, 11) is 0. The molecule has 1 heterocycles. The van der Waals surface area contributed by atoms with Crippen LogP contribution in [-0.2, 0) is 19.1 Å². The number of esters is 1. The fraction of sp³-hybridized carbons (Fsp3) is 0.867. The van der Waals surface area contributed by atoms with Crippen LogP contribution < -0.4 is 5.32 Å². The predicted octanol–water partition coefficient (Wildman–Crippen LogP) is 7.87. The maximum absolute atomic E-state index is 12.9. The van der Waals surface area contributed by atoms with Gasteiger partial charge < -0.3 is 14.8 Å². The Morgan fingerprint density at radius 1 is 0.971 bits per heavy atom. The van der Waals surface area contributed by atoms with E-state index in [4.69, 9.17) is 9.47 Å². The van der Waals surface area contributed by atoms with Crippen molar-refractivity contribution >= 4 is 12.4 Å². The Labute approximate surface area is 216 Å². The Morgan fingerprint density at radius 3 is 2.09 bits per heavy atom. The lowest BCUT2D eigenvalue weighted by molar-refractivity contribution is -0.157. The lowest BCUT2D eigenvalue weighted by Gasteiger charge is -2.41. The van der Waals surface area contributed by atoms with Gasteiger partial charge in [-0.2, -0.15) is 0 Å². The molecule has 0 spiro atoms. The molecule has 0 bridgehead atoms. The number of hydrogen-bond acceptors (Lipinski definition) is 4. The molecule has 1 amide bonds. The topological polar surface area (TPSA) is 64.6 Å². The summed E-state index contributed by atoms with van der Waals surface area (Å²) in [4.78, 5) is 24.0. The molecule has 1 fully saturated rings. The largest absolute Gasteiger partial charge is 0.494 e. The van der Waals surface area contributed by atoms with Crippen molar-refractivity contribution in [2.75, 3.05) is 0 Å². The standard InChI is InChI=1S/C30H55NO4/c1-6-8-10-12-13-14-15-16-17-19-26(35-30(33)28(31-23-32)21-24(3)4)22-29-27(25(5)34-29)20-18-11-9-7-2/h23-24,26-29H,5-22H2,1-4H3,(H,31,32)/t26-,27+,28-,29-/m0/s1. The van der Waals surface area contributed by atoms with Crippen LogP contribution in [0.2, 0.25) is 0 Å². The number of carbonyl (C=O) groups excluding carboxylic acids is 2. The second-order valence-electron chi connectivity index (χ2n) is 11.0. The zero-order valence-corrected chi connectivity index (χ0v) is 23.3. The molecule has 0 aromatic carbocycles. The Balaban J connectivity index is 2.58. The number of rotatable bonds is 23. The van der Waals surface area contributed by atoms with E-state index in [1.807, 2.05) is 13.8 Å². The summed E-state index contributed by atoms with van der Waals surface area (Å²) in [5.74, 6) is 1.24. The smallest absolute Gasteiger partial charge is 0.328 e. The minimum Gasteiger partial charge on any atom is -0.494 e. The lowest BCUT2D eigenvalue weighted by atomic mass is 9.85. The molecular weight excluding hydrogens is 438 g/mol. The summed E-state index contributed by atoms with van der Waals surface area (Å²) in [5.41, 5.74) is 0. The normalized spacial score (nSPS) is 19.1. The molecule has 5 nitrogen and oxygen atoms in total. The van der Waals surface area contributed by atoms with Crippen LogP contribution in [0.15, 0.2) is 12.3 Å². The van der Waals surface area contributed by atoms with Crippen LogP contribution in [0.1, 0.15) is 137 Å². The van der Waals surface area contributed by atoms with E-state index < -0.39 is 6.04 Å². The fourth-order valence-electron chi connectivity index (χ4n) is 5.05. The van der Waals surface area contributed by atoms with E-state index in [1.54, 1.807) is 0 Å². The van der Waals surface area contributed by atoms with Crippen molar-refractivity contribution < 1.29 is 19.1 Å². The van der Waals surface area contributed by atoms with Crippen molar-refractivity contribution in [3.63, 3.8) is 0 Å². The van der Waals surface area contributed by atoms with Gasteiger partial charge in [0.25, 0.3) is 0 Å². The highest BCUT2D eigenvalue weighted by Crippen LogP contribution is 2.38. The van der Waals surface area contributed by atoms with Crippen LogP contribution in [0.4, 0.5) is 0 Å². The summed E-state index contributed by atoms with van der Waals surface area (Å²) < 4.78 is 11.9. The zero-order valence-electron chi connectivity index (χ0n) is 23.3. The Kier molecular flexibility index (Phi) is 17.7. The quantitative estimate of drug-likeness (QED) is 0.0893. The highest BCUT2D eigenvalue weighted by molar-refractivity contribution is 5.78. The summed E-state index contributed by atoms with van der Waals surface area (Å²) in [5, 5.41) is 2.66. The van der Waals surface area contributed by atoms with Gasteiger partial charge in [0.2, 0.25) is 6.41 Å². The van der Waals surface area contributed by atoms with Gasteiger partial charge >= 0.3 is 5.97 Å². The van der Waals surface area contributed by atoms with Crippen molar-refractivity contribution in [1.29, 1.82) is 0 Å². The molecule has 5 heteroatoms. The molecule has 0 aromatic heterocycles. The third-order valence-electron chi connectivity index (χ3n) is 7.20. The first-order valence-corrected chi connectivity index (χ1v) is 14.7. The molecular formula is C30H55NO4. The van der Waals surface area contributed by atoms with Gasteiger partial charge in [-0.3, -0.25) is 4.79 Å². The maximum atomic E-state index is 12.9. The van der Waals surface area contributed by atoms with Crippen molar-refractivity contribution in [2.45, 2.75) is 155 Å². The predicted molar refractivity (Wildman–Crippen MR) is 145 cm³/mol. The van der Waals surface area contributed by atoms with E-state index in [0.717, 1.165) is 31.4 Å². The third-order valence-corrected chi connectivity index (χ3v) is 7.20. The molecule has 1 N–H and O–H groups in total. The molecule has 35 heavy (non-hydrogen) atoms. The first kappa shape index (κ1) is 31.5. The molecule has 0 aliphatic carbocycles. The second kappa shape index (κ2) is 19.6. The van der Waals surface area contributed by atoms with Gasteiger partial charge in [0.1, 0.15) is 18.2 Å². The van der Waals surface area contributed by atoms with Crippen LogP contribution in [-0.4, -0.2) is 30.6 Å². The number of unbranched alkanes of at least 4 members (excludes halogenated alkanes) is 11. The average Bonchev–Trinajstić information content (AvgIpc) is 2.81. The van der Waals surface area contributed by atoms with E-state index in [9.17, 15) is 9.59 Å². The van der Waals surface area contributed by atoms with Crippen molar-refractivity contribution in [3.05, 3.63) is 12.3 Å². The first-order chi connectivity index (χ1) is 16.9. The monoisotopic (exact) mass is 493 g/mol. The Morgan fingerprint density at radius 2 is 1.54 bits per heavy atom. The molecule has 1 aliphatic heterocycles.